The topological polar surface area (TPSA) is 36.4 Å². The summed E-state index contributed by atoms with van der Waals surface area (Å²) in [7, 11) is 1.78. The molecule has 3 unspecified atom stereocenters. The van der Waals surface area contributed by atoms with Crippen LogP contribution in [0.15, 0.2) is 23.2 Å². The van der Waals surface area contributed by atoms with Gasteiger partial charge in [-0.25, -0.2) is 0 Å². The summed E-state index contributed by atoms with van der Waals surface area (Å²) in [6.07, 6.45) is 1.21. The highest BCUT2D eigenvalue weighted by atomic mass is 127. The van der Waals surface area contributed by atoms with Crippen LogP contribution >= 0.6 is 47.2 Å². The Morgan fingerprint density at radius 2 is 2.05 bits per heavy atom. The average Bonchev–Trinajstić information content (AvgIpc) is 3.03. The van der Waals surface area contributed by atoms with Crippen molar-refractivity contribution in [2.45, 2.75) is 32.4 Å². The minimum atomic E-state index is 0. The van der Waals surface area contributed by atoms with E-state index in [0.29, 0.717) is 16.1 Å². The van der Waals surface area contributed by atoms with E-state index in [1.165, 1.54) is 6.42 Å². The standard InChI is InChI=1S/C14H19Cl2N3.HI/c1-8-6-13(8)19-14(17-3)18-9(2)11-5-4-10(15)7-12(11)16;/h4-5,7-9,13H,6H2,1-3H3,(H2,17,18,19);1H. The van der Waals surface area contributed by atoms with Crippen LogP contribution in [0.4, 0.5) is 0 Å². The summed E-state index contributed by atoms with van der Waals surface area (Å²) in [5, 5.41) is 8.06. The van der Waals surface area contributed by atoms with Crippen molar-refractivity contribution in [1.29, 1.82) is 0 Å². The van der Waals surface area contributed by atoms with E-state index in [0.717, 1.165) is 17.4 Å². The Morgan fingerprint density at radius 3 is 2.55 bits per heavy atom. The van der Waals surface area contributed by atoms with E-state index in [2.05, 4.69) is 29.5 Å². The third kappa shape index (κ3) is 4.67. The second kappa shape index (κ2) is 7.71. The molecule has 6 heteroatoms. The lowest BCUT2D eigenvalue weighted by atomic mass is 10.1. The Labute approximate surface area is 147 Å². The molecule has 3 nitrogen and oxygen atoms in total. The quantitative estimate of drug-likeness (QED) is 0.429. The summed E-state index contributed by atoms with van der Waals surface area (Å²) < 4.78 is 0. The van der Waals surface area contributed by atoms with Crippen molar-refractivity contribution in [3.8, 4) is 0 Å². The van der Waals surface area contributed by atoms with Gasteiger partial charge in [0.1, 0.15) is 0 Å². The number of hydrogen-bond donors (Lipinski definition) is 2. The van der Waals surface area contributed by atoms with Gasteiger partial charge in [0.05, 0.1) is 6.04 Å². The molecule has 1 saturated carbocycles. The number of halogens is 3. The zero-order chi connectivity index (χ0) is 14.0. The van der Waals surface area contributed by atoms with E-state index in [1.54, 1.807) is 13.1 Å². The van der Waals surface area contributed by atoms with Crippen molar-refractivity contribution >= 4 is 53.1 Å². The van der Waals surface area contributed by atoms with Gasteiger partial charge in [0.2, 0.25) is 0 Å². The van der Waals surface area contributed by atoms with Gasteiger partial charge >= 0.3 is 0 Å². The Hall–Kier alpha value is -0.200. The molecule has 0 saturated heterocycles. The van der Waals surface area contributed by atoms with E-state index in [9.17, 15) is 0 Å². The number of nitrogens with one attached hydrogen (secondary N) is 2. The number of guanidine groups is 1. The van der Waals surface area contributed by atoms with Crippen LogP contribution in [0.2, 0.25) is 10.0 Å². The van der Waals surface area contributed by atoms with Crippen molar-refractivity contribution in [1.82, 2.24) is 10.6 Å². The van der Waals surface area contributed by atoms with Crippen molar-refractivity contribution in [2.24, 2.45) is 10.9 Å². The first-order chi connectivity index (χ1) is 9.01. The second-order valence-corrected chi connectivity index (χ2v) is 5.91. The summed E-state index contributed by atoms with van der Waals surface area (Å²) in [4.78, 5) is 4.24. The van der Waals surface area contributed by atoms with Crippen LogP contribution in [0.25, 0.3) is 0 Å². The Bertz CT molecular complexity index is 493. The van der Waals surface area contributed by atoms with Gasteiger partial charge in [-0.15, -0.1) is 24.0 Å². The van der Waals surface area contributed by atoms with E-state index in [-0.39, 0.29) is 30.0 Å². The molecule has 1 aromatic carbocycles. The predicted octanol–water partition coefficient (Wildman–Crippen LogP) is 4.25. The smallest absolute Gasteiger partial charge is 0.191 e. The maximum absolute atomic E-state index is 6.21. The Morgan fingerprint density at radius 1 is 1.40 bits per heavy atom. The van der Waals surface area contributed by atoms with Gasteiger partial charge in [-0.1, -0.05) is 36.2 Å². The molecule has 112 valence electrons. The minimum Gasteiger partial charge on any atom is -0.353 e. The van der Waals surface area contributed by atoms with E-state index < -0.39 is 0 Å². The third-order valence-corrected chi connectivity index (χ3v) is 4.00. The van der Waals surface area contributed by atoms with Crippen LogP contribution in [-0.4, -0.2) is 19.0 Å². The molecule has 0 aliphatic heterocycles. The minimum absolute atomic E-state index is 0. The van der Waals surface area contributed by atoms with E-state index in [1.807, 2.05) is 12.1 Å². The van der Waals surface area contributed by atoms with Gasteiger partial charge in [-0.05, 0) is 37.0 Å². The first kappa shape index (κ1) is 17.9. The lowest BCUT2D eigenvalue weighted by molar-refractivity contribution is 0.676. The van der Waals surface area contributed by atoms with Gasteiger partial charge in [0, 0.05) is 23.1 Å². The van der Waals surface area contributed by atoms with Gasteiger partial charge < -0.3 is 10.6 Å². The van der Waals surface area contributed by atoms with Crippen molar-refractivity contribution in [2.75, 3.05) is 7.05 Å². The molecule has 2 N–H and O–H groups in total. The number of benzene rings is 1. The summed E-state index contributed by atoms with van der Waals surface area (Å²) in [6, 6.07) is 6.16. The predicted molar refractivity (Wildman–Crippen MR) is 97.5 cm³/mol. The van der Waals surface area contributed by atoms with Gasteiger partial charge in [-0.2, -0.15) is 0 Å². The summed E-state index contributed by atoms with van der Waals surface area (Å²) in [5.41, 5.74) is 1.01. The van der Waals surface area contributed by atoms with Crippen molar-refractivity contribution in [3.05, 3.63) is 33.8 Å². The molecule has 0 bridgehead atoms. The monoisotopic (exact) mass is 427 g/mol. The summed E-state index contributed by atoms with van der Waals surface area (Å²) in [5.74, 6) is 1.54. The molecule has 0 heterocycles. The highest BCUT2D eigenvalue weighted by Gasteiger charge is 2.33. The lowest BCUT2D eigenvalue weighted by Crippen LogP contribution is -2.40. The molecule has 2 rings (SSSR count). The maximum Gasteiger partial charge on any atom is 0.191 e. The number of nitrogens with zero attached hydrogens (tertiary/aromatic N) is 1. The lowest BCUT2D eigenvalue weighted by Gasteiger charge is -2.19. The molecule has 1 aliphatic rings. The fourth-order valence-corrected chi connectivity index (χ4v) is 2.58. The van der Waals surface area contributed by atoms with Gasteiger partial charge in [0.15, 0.2) is 5.96 Å². The molecule has 0 radical (unpaired) electrons. The van der Waals surface area contributed by atoms with Crippen LogP contribution in [0.5, 0.6) is 0 Å². The Kier molecular flexibility index (Phi) is 6.88. The molecule has 1 fully saturated rings. The van der Waals surface area contributed by atoms with Crippen LogP contribution in [0.3, 0.4) is 0 Å². The van der Waals surface area contributed by atoms with Crippen LogP contribution < -0.4 is 10.6 Å². The molecule has 0 aromatic heterocycles. The fraction of sp³-hybridized carbons (Fsp3) is 0.500. The molecule has 20 heavy (non-hydrogen) atoms. The van der Waals surface area contributed by atoms with Gasteiger partial charge in [-0.3, -0.25) is 4.99 Å². The third-order valence-electron chi connectivity index (χ3n) is 3.44. The summed E-state index contributed by atoms with van der Waals surface area (Å²) >= 11 is 12.1. The molecule has 0 amide bonds. The van der Waals surface area contributed by atoms with E-state index >= 15 is 0 Å². The van der Waals surface area contributed by atoms with Crippen LogP contribution in [-0.2, 0) is 0 Å². The van der Waals surface area contributed by atoms with Crippen LogP contribution in [0, 0.1) is 5.92 Å². The second-order valence-electron chi connectivity index (χ2n) is 5.07. The van der Waals surface area contributed by atoms with Crippen LogP contribution in [0.1, 0.15) is 31.9 Å². The molecule has 1 aliphatic carbocycles. The Balaban J connectivity index is 0.00000200. The average molecular weight is 428 g/mol. The van der Waals surface area contributed by atoms with Crippen molar-refractivity contribution < 1.29 is 0 Å². The number of rotatable bonds is 3. The first-order valence-electron chi connectivity index (χ1n) is 6.46. The molecular formula is C14H20Cl2IN3. The molecule has 3 atom stereocenters. The first-order valence-corrected chi connectivity index (χ1v) is 7.21. The highest BCUT2D eigenvalue weighted by molar-refractivity contribution is 14.0. The largest absolute Gasteiger partial charge is 0.353 e. The zero-order valence-electron chi connectivity index (χ0n) is 11.8. The zero-order valence-corrected chi connectivity index (χ0v) is 15.6. The molecule has 0 spiro atoms. The normalized spacial score (nSPS) is 22.8. The highest BCUT2D eigenvalue weighted by Crippen LogP contribution is 2.29. The molecule has 1 aromatic rings. The maximum atomic E-state index is 6.21. The fourth-order valence-electron chi connectivity index (χ4n) is 2.01. The van der Waals surface area contributed by atoms with E-state index in [4.69, 9.17) is 23.2 Å². The van der Waals surface area contributed by atoms with Crippen molar-refractivity contribution in [3.63, 3.8) is 0 Å². The molecular weight excluding hydrogens is 408 g/mol. The number of aliphatic imine (C=N–C) groups is 1. The van der Waals surface area contributed by atoms with Gasteiger partial charge in [0.25, 0.3) is 0 Å². The SMILES string of the molecule is CN=C(NC(C)c1ccc(Cl)cc1Cl)NC1CC1C.I. The summed E-state index contributed by atoms with van der Waals surface area (Å²) in [6.45, 7) is 4.28. The number of hydrogen-bond acceptors (Lipinski definition) is 1.